The predicted molar refractivity (Wildman–Crippen MR) is 137 cm³/mol. The van der Waals surface area contributed by atoms with Crippen LogP contribution in [0.2, 0.25) is 0 Å². The van der Waals surface area contributed by atoms with Crippen molar-refractivity contribution >= 4 is 50.7 Å². The second-order valence-corrected chi connectivity index (χ2v) is 9.45. The summed E-state index contributed by atoms with van der Waals surface area (Å²) in [5, 5.41) is 3.77. The third-order valence-corrected chi connectivity index (χ3v) is 7.01. The normalized spacial score (nSPS) is 11.0. The van der Waals surface area contributed by atoms with Gasteiger partial charge in [-0.3, -0.25) is 19.1 Å². The van der Waals surface area contributed by atoms with Crippen molar-refractivity contribution in [3.63, 3.8) is 0 Å². The average Bonchev–Trinajstić information content (AvgIpc) is 3.24. The molecule has 0 fully saturated rings. The molecule has 0 saturated heterocycles. The van der Waals surface area contributed by atoms with Gasteiger partial charge in [0.15, 0.2) is 10.3 Å². The molecule has 168 valence electrons. The maximum atomic E-state index is 12.9. The van der Waals surface area contributed by atoms with Gasteiger partial charge < -0.3 is 0 Å². The minimum absolute atomic E-state index is 0.0837. The molecule has 4 rings (SSSR count). The van der Waals surface area contributed by atoms with Gasteiger partial charge in [0.25, 0.3) is 5.56 Å². The molecular formula is C25H24N4O2S2. The first kappa shape index (κ1) is 22.9. The summed E-state index contributed by atoms with van der Waals surface area (Å²) in [6, 6.07) is 13.3. The lowest BCUT2D eigenvalue weighted by Crippen LogP contribution is -2.23. The van der Waals surface area contributed by atoms with Crippen LogP contribution in [0.3, 0.4) is 0 Å². The number of amides is 1. The van der Waals surface area contributed by atoms with Gasteiger partial charge in [0.1, 0.15) is 0 Å². The third kappa shape index (κ3) is 4.77. The zero-order chi connectivity index (χ0) is 23.5. The van der Waals surface area contributed by atoms with Crippen molar-refractivity contribution in [2.75, 3.05) is 4.90 Å². The number of anilines is 2. The molecule has 1 amide bonds. The van der Waals surface area contributed by atoms with Gasteiger partial charge in [0.05, 0.1) is 22.3 Å². The van der Waals surface area contributed by atoms with Gasteiger partial charge in [-0.1, -0.05) is 47.7 Å². The molecule has 0 spiro atoms. The number of allylic oxidation sites excluding steroid dienone is 1. The molecule has 0 aliphatic carbocycles. The van der Waals surface area contributed by atoms with E-state index in [4.69, 9.17) is 9.97 Å². The number of hydrogen-bond donors (Lipinski definition) is 0. The second kappa shape index (κ2) is 9.72. The highest BCUT2D eigenvalue weighted by Gasteiger charge is 2.20. The van der Waals surface area contributed by atoms with Gasteiger partial charge in [0, 0.05) is 24.6 Å². The van der Waals surface area contributed by atoms with Crippen LogP contribution >= 0.6 is 23.1 Å². The lowest BCUT2D eigenvalue weighted by molar-refractivity contribution is -0.115. The van der Waals surface area contributed by atoms with E-state index >= 15 is 0 Å². The first-order chi connectivity index (χ1) is 15.9. The number of carbonyl (C=O) groups is 1. The number of thioether (sulfide) groups is 1. The van der Waals surface area contributed by atoms with E-state index in [1.54, 1.807) is 28.5 Å². The minimum Gasteiger partial charge on any atom is -0.283 e. The summed E-state index contributed by atoms with van der Waals surface area (Å²) >= 11 is 2.87. The van der Waals surface area contributed by atoms with E-state index in [9.17, 15) is 9.59 Å². The summed E-state index contributed by atoms with van der Waals surface area (Å²) in [5.41, 5.74) is 4.40. The van der Waals surface area contributed by atoms with Crippen LogP contribution in [0, 0.1) is 13.8 Å². The molecule has 0 aliphatic heterocycles. The Balaban J connectivity index is 1.62. The Kier molecular flexibility index (Phi) is 6.76. The van der Waals surface area contributed by atoms with Gasteiger partial charge in [-0.2, -0.15) is 0 Å². The summed E-state index contributed by atoms with van der Waals surface area (Å²) < 4.78 is 1.63. The number of benzene rings is 2. The Morgan fingerprint density at radius 1 is 1.21 bits per heavy atom. The predicted octanol–water partition coefficient (Wildman–Crippen LogP) is 5.63. The molecule has 33 heavy (non-hydrogen) atoms. The topological polar surface area (TPSA) is 68.1 Å². The van der Waals surface area contributed by atoms with E-state index in [0.717, 1.165) is 22.5 Å². The molecule has 8 heteroatoms. The Hall–Kier alpha value is -3.23. The van der Waals surface area contributed by atoms with Crippen LogP contribution in [0.25, 0.3) is 10.9 Å². The van der Waals surface area contributed by atoms with E-state index in [1.165, 1.54) is 23.1 Å². The Morgan fingerprint density at radius 2 is 2.00 bits per heavy atom. The van der Waals surface area contributed by atoms with E-state index in [0.29, 0.717) is 33.5 Å². The standard InChI is InChI=1S/C25H24N4O2S2/c1-5-12-28-23(31)20-8-6-7-9-21(20)27-24(28)32-14-19-15-33-25(26-19)29(18(4)30)22-11-10-16(2)13-17(22)3/h5-11,13,15H,1,12,14H2,2-4H3. The highest BCUT2D eigenvalue weighted by atomic mass is 32.2. The van der Waals surface area contributed by atoms with Crippen molar-refractivity contribution in [3.8, 4) is 0 Å². The highest BCUT2D eigenvalue weighted by molar-refractivity contribution is 7.98. The first-order valence-electron chi connectivity index (χ1n) is 10.4. The smallest absolute Gasteiger partial charge is 0.262 e. The lowest BCUT2D eigenvalue weighted by Gasteiger charge is -2.20. The number of rotatable bonds is 7. The fourth-order valence-electron chi connectivity index (χ4n) is 3.62. The van der Waals surface area contributed by atoms with E-state index < -0.39 is 0 Å². The number of carbonyl (C=O) groups excluding carboxylic acids is 1. The second-order valence-electron chi connectivity index (χ2n) is 7.67. The Labute approximate surface area is 200 Å². The molecule has 0 unspecified atom stereocenters. The molecule has 0 aliphatic rings. The number of nitrogens with zero attached hydrogens (tertiary/aromatic N) is 4. The van der Waals surface area contributed by atoms with Gasteiger partial charge in [0.2, 0.25) is 5.91 Å². The van der Waals surface area contributed by atoms with Crippen molar-refractivity contribution in [2.45, 2.75) is 38.2 Å². The van der Waals surface area contributed by atoms with E-state index in [2.05, 4.69) is 12.6 Å². The van der Waals surface area contributed by atoms with Crippen molar-refractivity contribution in [2.24, 2.45) is 0 Å². The van der Waals surface area contributed by atoms with Gasteiger partial charge in [-0.15, -0.1) is 17.9 Å². The summed E-state index contributed by atoms with van der Waals surface area (Å²) in [5.74, 6) is 0.434. The minimum atomic E-state index is -0.0912. The van der Waals surface area contributed by atoms with E-state index in [1.807, 2.05) is 49.6 Å². The highest BCUT2D eigenvalue weighted by Crippen LogP contribution is 2.33. The quantitative estimate of drug-likeness (QED) is 0.196. The summed E-state index contributed by atoms with van der Waals surface area (Å²) in [6.45, 7) is 9.72. The molecule has 4 aromatic rings. The fraction of sp³-hybridized carbons (Fsp3) is 0.200. The fourth-order valence-corrected chi connectivity index (χ4v) is 5.50. The SMILES string of the molecule is C=CCn1c(SCc2csc(N(C(C)=O)c3ccc(C)cc3C)n2)nc2ccccc2c1=O. The molecule has 0 bridgehead atoms. The van der Waals surface area contributed by atoms with Crippen molar-refractivity contribution in [3.05, 3.63) is 87.7 Å². The molecule has 2 aromatic carbocycles. The average molecular weight is 477 g/mol. The molecule has 0 atom stereocenters. The molecule has 6 nitrogen and oxygen atoms in total. The summed E-state index contributed by atoms with van der Waals surface area (Å²) in [7, 11) is 0. The van der Waals surface area contributed by atoms with Crippen LogP contribution in [0.4, 0.5) is 10.8 Å². The first-order valence-corrected chi connectivity index (χ1v) is 12.3. The molecule has 2 heterocycles. The van der Waals surface area contributed by atoms with Gasteiger partial charge >= 0.3 is 0 Å². The summed E-state index contributed by atoms with van der Waals surface area (Å²) in [4.78, 5) is 36.5. The number of aryl methyl sites for hydroxylation is 2. The summed E-state index contributed by atoms with van der Waals surface area (Å²) in [6.07, 6.45) is 1.69. The van der Waals surface area contributed by atoms with Crippen LogP contribution in [-0.4, -0.2) is 20.4 Å². The number of hydrogen-bond acceptors (Lipinski definition) is 6. The zero-order valence-electron chi connectivity index (χ0n) is 18.7. The van der Waals surface area contributed by atoms with E-state index in [-0.39, 0.29) is 11.5 Å². The number of thiazole rings is 1. The van der Waals surface area contributed by atoms with Gasteiger partial charge in [-0.25, -0.2) is 9.97 Å². The van der Waals surface area contributed by atoms with Crippen LogP contribution in [-0.2, 0) is 17.1 Å². The Bertz CT molecular complexity index is 1410. The zero-order valence-corrected chi connectivity index (χ0v) is 20.4. The van der Waals surface area contributed by atoms with Crippen molar-refractivity contribution < 1.29 is 4.79 Å². The monoisotopic (exact) mass is 476 g/mol. The third-order valence-electron chi connectivity index (χ3n) is 5.13. The molecule has 0 saturated carbocycles. The maximum absolute atomic E-state index is 12.9. The molecule has 0 radical (unpaired) electrons. The lowest BCUT2D eigenvalue weighted by atomic mass is 10.1. The van der Waals surface area contributed by atoms with Crippen molar-refractivity contribution in [1.82, 2.24) is 14.5 Å². The molecule has 2 aromatic heterocycles. The van der Waals surface area contributed by atoms with Crippen LogP contribution in [0.15, 0.2) is 70.5 Å². The van der Waals surface area contributed by atoms with Crippen molar-refractivity contribution in [1.29, 1.82) is 0 Å². The van der Waals surface area contributed by atoms with Crippen LogP contribution < -0.4 is 10.5 Å². The number of aromatic nitrogens is 3. The number of para-hydroxylation sites is 1. The largest absolute Gasteiger partial charge is 0.283 e. The van der Waals surface area contributed by atoms with Gasteiger partial charge in [-0.05, 0) is 37.6 Å². The molecule has 0 N–H and O–H groups in total. The van der Waals surface area contributed by atoms with Crippen LogP contribution in [0.1, 0.15) is 23.7 Å². The Morgan fingerprint density at radius 3 is 2.73 bits per heavy atom. The molecular weight excluding hydrogens is 452 g/mol. The number of fused-ring (bicyclic) bond motifs is 1. The maximum Gasteiger partial charge on any atom is 0.262 e. The van der Waals surface area contributed by atoms with Crippen LogP contribution in [0.5, 0.6) is 0 Å².